The minimum Gasteiger partial charge on any atom is -0.396 e. The Hall–Kier alpha value is -3.64. The number of benzene rings is 2. The van der Waals surface area contributed by atoms with Gasteiger partial charge in [0.15, 0.2) is 5.82 Å². The van der Waals surface area contributed by atoms with E-state index in [4.69, 9.17) is 16.7 Å². The normalized spacial score (nSPS) is 14.2. The summed E-state index contributed by atoms with van der Waals surface area (Å²) in [5.41, 5.74) is -0.963. The van der Waals surface area contributed by atoms with Crippen LogP contribution in [0.5, 0.6) is 0 Å². The number of alkyl halides is 3. The Kier molecular flexibility index (Phi) is 8.22. The average Bonchev–Trinajstić information content (AvgIpc) is 3.66. The number of hydrogen-bond donors (Lipinski definition) is 3. The number of aliphatic hydroxyl groups excluding tert-OH is 1. The van der Waals surface area contributed by atoms with Crippen LogP contribution in [0.3, 0.4) is 0 Å². The zero-order chi connectivity index (χ0) is 27.4. The van der Waals surface area contributed by atoms with Crippen molar-refractivity contribution in [3.8, 4) is 11.4 Å². The lowest BCUT2D eigenvalue weighted by molar-refractivity contribution is -0.137. The molecule has 4 rings (SSSR count). The molecule has 3 aromatic rings. The number of nitrogens with one attached hydrogen (secondary N) is 2. The van der Waals surface area contributed by atoms with Crippen LogP contribution in [0.15, 0.2) is 53.3 Å². The lowest BCUT2D eigenvalue weighted by Gasteiger charge is -2.20. The molecule has 0 bridgehead atoms. The van der Waals surface area contributed by atoms with Gasteiger partial charge in [0.1, 0.15) is 12.6 Å². The summed E-state index contributed by atoms with van der Waals surface area (Å²) in [5, 5.41) is 18.7. The van der Waals surface area contributed by atoms with Crippen molar-refractivity contribution in [1.29, 1.82) is 0 Å². The highest BCUT2D eigenvalue weighted by atomic mass is 35.5. The molecule has 1 aliphatic rings. The summed E-state index contributed by atoms with van der Waals surface area (Å²) in [6.45, 7) is -0.710. The summed E-state index contributed by atoms with van der Waals surface area (Å²) in [4.78, 5) is 38.9. The van der Waals surface area contributed by atoms with E-state index in [1.165, 1.54) is 10.6 Å². The van der Waals surface area contributed by atoms with Crippen molar-refractivity contribution < 1.29 is 27.9 Å². The highest BCUT2D eigenvalue weighted by Crippen LogP contribution is 2.36. The fourth-order valence-corrected chi connectivity index (χ4v) is 4.04. The zero-order valence-corrected chi connectivity index (χ0v) is 20.8. The van der Waals surface area contributed by atoms with E-state index in [0.29, 0.717) is 16.4 Å². The topological polar surface area (TPSA) is 118 Å². The van der Waals surface area contributed by atoms with Gasteiger partial charge in [0, 0.05) is 29.8 Å². The molecule has 9 nitrogen and oxygen atoms in total. The minimum absolute atomic E-state index is 0.0520. The standard InChI is InChI=1S/C25H25ClF3N5O4/c26-18-7-5-15(6-8-18)22-32-33(24(38)34(22)19-9-10-19)14-20(36)31-21(23(37)30-11-2-12-35)16-3-1-4-17(13-16)25(27,28)29/h1,3-8,13,19,21,35H,2,9-12,14H2,(H,30,37)(H,31,36). The van der Waals surface area contributed by atoms with Crippen molar-refractivity contribution in [2.24, 2.45) is 0 Å². The number of nitrogens with zero attached hydrogens (tertiary/aromatic N) is 3. The highest BCUT2D eigenvalue weighted by Gasteiger charge is 2.33. The van der Waals surface area contributed by atoms with Crippen LogP contribution in [0.4, 0.5) is 13.2 Å². The van der Waals surface area contributed by atoms with Crippen molar-refractivity contribution >= 4 is 23.4 Å². The summed E-state index contributed by atoms with van der Waals surface area (Å²) in [5.74, 6) is -1.20. The number of rotatable bonds is 10. The van der Waals surface area contributed by atoms with Gasteiger partial charge in [0.05, 0.1) is 5.56 Å². The third kappa shape index (κ3) is 6.43. The van der Waals surface area contributed by atoms with Gasteiger partial charge >= 0.3 is 11.9 Å². The molecule has 0 saturated heterocycles. The number of hydrogen-bond acceptors (Lipinski definition) is 5. The van der Waals surface area contributed by atoms with Gasteiger partial charge in [-0.1, -0.05) is 23.7 Å². The summed E-state index contributed by atoms with van der Waals surface area (Å²) < 4.78 is 42.3. The first kappa shape index (κ1) is 27.4. The molecule has 1 fully saturated rings. The fourth-order valence-electron chi connectivity index (χ4n) is 3.91. The predicted octanol–water partition coefficient (Wildman–Crippen LogP) is 3.08. The fraction of sp³-hybridized carbons (Fsp3) is 0.360. The third-order valence-electron chi connectivity index (χ3n) is 5.93. The molecular formula is C25H25ClF3N5O4. The van der Waals surface area contributed by atoms with Gasteiger partial charge in [-0.25, -0.2) is 9.48 Å². The van der Waals surface area contributed by atoms with Gasteiger partial charge in [0.25, 0.3) is 0 Å². The molecule has 13 heteroatoms. The lowest BCUT2D eigenvalue weighted by atomic mass is 10.0. The molecule has 1 aliphatic carbocycles. The number of carbonyl (C=O) groups excluding carboxylic acids is 2. The Morgan fingerprint density at radius 3 is 2.50 bits per heavy atom. The molecule has 0 spiro atoms. The molecule has 0 radical (unpaired) electrons. The molecule has 0 aliphatic heterocycles. The third-order valence-corrected chi connectivity index (χ3v) is 6.18. The van der Waals surface area contributed by atoms with Gasteiger partial charge in [-0.05, 0) is 61.2 Å². The lowest BCUT2D eigenvalue weighted by Crippen LogP contribution is -2.43. The second-order valence-electron chi connectivity index (χ2n) is 8.86. The van der Waals surface area contributed by atoms with Crippen LogP contribution < -0.4 is 16.3 Å². The zero-order valence-electron chi connectivity index (χ0n) is 20.0. The van der Waals surface area contributed by atoms with Gasteiger partial charge in [-0.15, -0.1) is 5.10 Å². The van der Waals surface area contributed by atoms with Crippen molar-refractivity contribution in [1.82, 2.24) is 25.0 Å². The Morgan fingerprint density at radius 1 is 1.16 bits per heavy atom. The number of aliphatic hydroxyl groups is 1. The average molecular weight is 552 g/mol. The maximum atomic E-state index is 13.3. The number of aromatic nitrogens is 3. The van der Waals surface area contributed by atoms with E-state index >= 15 is 0 Å². The first-order valence-electron chi connectivity index (χ1n) is 11.9. The van der Waals surface area contributed by atoms with Crippen molar-refractivity contribution in [3.63, 3.8) is 0 Å². The van der Waals surface area contributed by atoms with E-state index in [1.807, 2.05) is 0 Å². The summed E-state index contributed by atoms with van der Waals surface area (Å²) >= 11 is 5.96. The molecule has 1 saturated carbocycles. The molecule has 38 heavy (non-hydrogen) atoms. The van der Waals surface area contributed by atoms with E-state index in [1.54, 1.807) is 24.3 Å². The van der Waals surface area contributed by atoms with Crippen molar-refractivity contribution in [2.75, 3.05) is 13.2 Å². The summed E-state index contributed by atoms with van der Waals surface area (Å²) in [7, 11) is 0. The van der Waals surface area contributed by atoms with E-state index in [9.17, 15) is 27.6 Å². The molecule has 1 aromatic heterocycles. The largest absolute Gasteiger partial charge is 0.416 e. The Labute approximate surface area is 220 Å². The second-order valence-corrected chi connectivity index (χ2v) is 9.30. The van der Waals surface area contributed by atoms with Gasteiger partial charge in [-0.3, -0.25) is 14.2 Å². The van der Waals surface area contributed by atoms with Crippen LogP contribution in [0.1, 0.15) is 42.5 Å². The van der Waals surface area contributed by atoms with Crippen LogP contribution in [-0.2, 0) is 22.3 Å². The quantitative estimate of drug-likeness (QED) is 0.335. The predicted molar refractivity (Wildman–Crippen MR) is 132 cm³/mol. The van der Waals surface area contributed by atoms with E-state index in [2.05, 4.69) is 15.7 Å². The van der Waals surface area contributed by atoms with Gasteiger partial charge < -0.3 is 15.7 Å². The second kappa shape index (κ2) is 11.4. The molecule has 1 unspecified atom stereocenters. The molecular weight excluding hydrogens is 527 g/mol. The molecule has 202 valence electrons. The first-order valence-corrected chi connectivity index (χ1v) is 12.3. The van der Waals surface area contributed by atoms with E-state index in [-0.39, 0.29) is 31.2 Å². The summed E-state index contributed by atoms with van der Waals surface area (Å²) in [6.07, 6.45) is -2.87. The summed E-state index contributed by atoms with van der Waals surface area (Å²) in [6, 6.07) is 9.25. The Bertz CT molecular complexity index is 1370. The van der Waals surface area contributed by atoms with Crippen LogP contribution in [0.2, 0.25) is 5.02 Å². The van der Waals surface area contributed by atoms with Crippen LogP contribution in [0.25, 0.3) is 11.4 Å². The van der Waals surface area contributed by atoms with Gasteiger partial charge in [0.2, 0.25) is 11.8 Å². The Morgan fingerprint density at radius 2 is 1.87 bits per heavy atom. The molecule has 3 N–H and O–H groups in total. The number of amides is 2. The van der Waals surface area contributed by atoms with Gasteiger partial charge in [-0.2, -0.15) is 13.2 Å². The molecule has 1 atom stereocenters. The maximum absolute atomic E-state index is 13.3. The van der Waals surface area contributed by atoms with Crippen LogP contribution in [0, 0.1) is 0 Å². The van der Waals surface area contributed by atoms with E-state index < -0.39 is 41.8 Å². The van der Waals surface area contributed by atoms with Crippen LogP contribution >= 0.6 is 11.6 Å². The monoisotopic (exact) mass is 551 g/mol. The maximum Gasteiger partial charge on any atom is 0.416 e. The van der Waals surface area contributed by atoms with Crippen LogP contribution in [-0.4, -0.2) is 44.4 Å². The molecule has 2 aromatic carbocycles. The minimum atomic E-state index is -4.65. The Balaban J connectivity index is 1.59. The SMILES string of the molecule is O=C(Cn1nc(-c2ccc(Cl)cc2)n(C2CC2)c1=O)NC(C(=O)NCCCO)c1cccc(C(F)(F)F)c1. The van der Waals surface area contributed by atoms with Crippen molar-refractivity contribution in [3.05, 3.63) is 75.2 Å². The van der Waals surface area contributed by atoms with Crippen molar-refractivity contribution in [2.45, 2.75) is 44.1 Å². The molecule has 1 heterocycles. The molecule has 2 amide bonds. The van der Waals surface area contributed by atoms with E-state index in [0.717, 1.165) is 35.7 Å². The number of halogens is 4. The number of carbonyl (C=O) groups is 2. The highest BCUT2D eigenvalue weighted by molar-refractivity contribution is 6.30. The smallest absolute Gasteiger partial charge is 0.396 e. The first-order chi connectivity index (χ1) is 18.1.